The van der Waals surface area contributed by atoms with Crippen LogP contribution in [0.2, 0.25) is 0 Å². The first-order chi connectivity index (χ1) is 8.13. The van der Waals surface area contributed by atoms with Gasteiger partial charge in [-0.05, 0) is 38.1 Å². The van der Waals surface area contributed by atoms with E-state index in [-0.39, 0.29) is 7.43 Å². The van der Waals surface area contributed by atoms with Gasteiger partial charge in [-0.25, -0.2) is 0 Å². The first kappa shape index (κ1) is 19.0. The van der Waals surface area contributed by atoms with E-state index in [0.29, 0.717) is 11.4 Å². The number of hydrogen-bond acceptors (Lipinski definition) is 4. The van der Waals surface area contributed by atoms with Gasteiger partial charge in [0.05, 0.1) is 17.1 Å². The molecule has 0 saturated heterocycles. The minimum absolute atomic E-state index is 0. The van der Waals surface area contributed by atoms with Crippen LogP contribution in [0.15, 0.2) is 39.0 Å². The Labute approximate surface area is 118 Å². The van der Waals surface area contributed by atoms with E-state index in [1.165, 1.54) is 0 Å². The summed E-state index contributed by atoms with van der Waals surface area (Å²) in [6, 6.07) is 7.62. The third-order valence-corrected chi connectivity index (χ3v) is 2.40. The summed E-state index contributed by atoms with van der Waals surface area (Å²) >= 11 is 3.34. The van der Waals surface area contributed by atoms with Gasteiger partial charge in [0.1, 0.15) is 0 Å². The number of rotatable bonds is 3. The Morgan fingerprint density at radius 1 is 1.11 bits per heavy atom. The Morgan fingerprint density at radius 2 is 1.61 bits per heavy atom. The summed E-state index contributed by atoms with van der Waals surface area (Å²) in [4.78, 5) is 0. The van der Waals surface area contributed by atoms with Crippen LogP contribution in [0.25, 0.3) is 0 Å². The van der Waals surface area contributed by atoms with Crippen LogP contribution in [0.1, 0.15) is 35.1 Å². The van der Waals surface area contributed by atoms with E-state index in [1.807, 2.05) is 38.1 Å². The molecule has 2 N–H and O–H groups in total. The van der Waals surface area contributed by atoms with Crippen molar-refractivity contribution >= 4 is 33.0 Å². The van der Waals surface area contributed by atoms with E-state index in [4.69, 9.17) is 5.21 Å². The van der Waals surface area contributed by atoms with Gasteiger partial charge in [-0.1, -0.05) is 42.4 Å². The molecule has 0 bridgehead atoms. The van der Waals surface area contributed by atoms with E-state index >= 15 is 0 Å². The van der Waals surface area contributed by atoms with Crippen molar-refractivity contribution in [2.24, 2.45) is 10.3 Å². The second kappa shape index (κ2) is 10.8. The van der Waals surface area contributed by atoms with Crippen LogP contribution in [0.5, 0.6) is 0 Å². The number of benzene rings is 1. The maximum Gasteiger partial charge on any atom is 0.0993 e. The van der Waals surface area contributed by atoms with Gasteiger partial charge in [0.2, 0.25) is 0 Å². The van der Waals surface area contributed by atoms with Gasteiger partial charge in [-0.3, -0.25) is 5.43 Å². The van der Waals surface area contributed by atoms with Crippen molar-refractivity contribution in [2.45, 2.75) is 35.1 Å². The van der Waals surface area contributed by atoms with Crippen molar-refractivity contribution in [2.75, 3.05) is 5.43 Å². The van der Waals surface area contributed by atoms with E-state index in [9.17, 15) is 0 Å². The molecule has 1 aromatic rings. The molecule has 1 aromatic carbocycles. The summed E-state index contributed by atoms with van der Waals surface area (Å²) in [5.74, 6) is 0. The molecule has 0 atom stereocenters. The lowest BCUT2D eigenvalue weighted by Gasteiger charge is -2.02. The summed E-state index contributed by atoms with van der Waals surface area (Å²) in [5, 5.41) is 15.6. The highest BCUT2D eigenvalue weighted by atomic mass is 79.9. The summed E-state index contributed by atoms with van der Waals surface area (Å²) < 4.78 is 1.02. The Hall–Kier alpha value is -1.36. The maximum absolute atomic E-state index is 8.51. The van der Waals surface area contributed by atoms with Crippen molar-refractivity contribution in [3.63, 3.8) is 0 Å². The van der Waals surface area contributed by atoms with Gasteiger partial charge in [-0.2, -0.15) is 5.10 Å². The highest BCUT2D eigenvalue weighted by Crippen LogP contribution is 2.13. The van der Waals surface area contributed by atoms with Crippen LogP contribution in [0.3, 0.4) is 0 Å². The minimum Gasteiger partial charge on any atom is -0.411 e. The number of nitrogens with zero attached hydrogens (tertiary/aromatic N) is 2. The topological polar surface area (TPSA) is 57.0 Å². The molecule has 0 aliphatic carbocycles. The fraction of sp³-hybridized carbons (Fsp3) is 0.385. The Kier molecular flexibility index (Phi) is 11.4. The van der Waals surface area contributed by atoms with Gasteiger partial charge >= 0.3 is 0 Å². The molecule has 4 nitrogen and oxygen atoms in total. The van der Waals surface area contributed by atoms with Gasteiger partial charge in [0.15, 0.2) is 0 Å². The molecule has 0 radical (unpaired) electrons. The summed E-state index contributed by atoms with van der Waals surface area (Å²) in [7, 11) is 0. The SMILES string of the molecule is C.CC.CC(=N\O)/C(C)=N/Nc1ccc(Br)cc1. The Bertz CT molecular complexity index is 386. The molecule has 0 saturated carbocycles. The largest absolute Gasteiger partial charge is 0.411 e. The van der Waals surface area contributed by atoms with Crippen molar-refractivity contribution in [3.8, 4) is 0 Å². The van der Waals surface area contributed by atoms with Crippen LogP contribution in [-0.2, 0) is 0 Å². The number of anilines is 1. The molecule has 0 aliphatic heterocycles. The number of hydrazone groups is 1. The molecule has 0 amide bonds. The number of halogens is 1. The standard InChI is InChI=1S/C10H12BrN3O.C2H6.CH4/c1-7(8(2)14-15)12-13-10-5-3-9(11)4-6-10;1-2;/h3-6,13,15H,1-2H3;1-2H3;1H4/b12-7+,14-8+;;. The molecule has 102 valence electrons. The van der Waals surface area contributed by atoms with Gasteiger partial charge in [-0.15, -0.1) is 0 Å². The lowest BCUT2D eigenvalue weighted by Crippen LogP contribution is -2.07. The zero-order valence-electron chi connectivity index (χ0n) is 10.5. The van der Waals surface area contributed by atoms with Gasteiger partial charge in [0.25, 0.3) is 0 Å². The molecule has 0 unspecified atom stereocenters. The maximum atomic E-state index is 8.51. The normalized spacial score (nSPS) is 10.9. The zero-order chi connectivity index (χ0) is 13.3. The van der Waals surface area contributed by atoms with E-state index in [1.54, 1.807) is 13.8 Å². The lowest BCUT2D eigenvalue weighted by molar-refractivity contribution is 0.320. The second-order valence-corrected chi connectivity index (χ2v) is 3.92. The van der Waals surface area contributed by atoms with Crippen LogP contribution in [0, 0.1) is 0 Å². The van der Waals surface area contributed by atoms with Crippen molar-refractivity contribution < 1.29 is 5.21 Å². The molecular weight excluding hydrogens is 294 g/mol. The van der Waals surface area contributed by atoms with Crippen LogP contribution in [0.4, 0.5) is 5.69 Å². The van der Waals surface area contributed by atoms with E-state index in [0.717, 1.165) is 10.2 Å². The molecule has 5 heteroatoms. The van der Waals surface area contributed by atoms with Crippen molar-refractivity contribution in [3.05, 3.63) is 28.7 Å². The molecule has 0 fully saturated rings. The lowest BCUT2D eigenvalue weighted by atomic mass is 10.3. The van der Waals surface area contributed by atoms with E-state index in [2.05, 4.69) is 31.6 Å². The minimum atomic E-state index is 0. The fourth-order valence-electron chi connectivity index (χ4n) is 0.826. The van der Waals surface area contributed by atoms with Crippen molar-refractivity contribution in [1.29, 1.82) is 0 Å². The third-order valence-electron chi connectivity index (χ3n) is 1.87. The van der Waals surface area contributed by atoms with Gasteiger partial charge < -0.3 is 5.21 Å². The average Bonchev–Trinajstić information content (AvgIpc) is 2.39. The predicted octanol–water partition coefficient (Wildman–Crippen LogP) is 4.75. The predicted molar refractivity (Wildman–Crippen MR) is 83.8 cm³/mol. The third kappa shape index (κ3) is 7.06. The highest BCUT2D eigenvalue weighted by molar-refractivity contribution is 9.10. The molecule has 18 heavy (non-hydrogen) atoms. The fourth-order valence-corrected chi connectivity index (χ4v) is 1.09. The zero-order valence-corrected chi connectivity index (χ0v) is 12.1. The first-order valence-corrected chi connectivity index (χ1v) is 6.17. The smallest absolute Gasteiger partial charge is 0.0993 e. The molecule has 0 heterocycles. The Morgan fingerprint density at radius 3 is 2.06 bits per heavy atom. The number of hydrogen-bond donors (Lipinski definition) is 2. The molecular formula is C13H22BrN3O. The second-order valence-electron chi connectivity index (χ2n) is 3.00. The van der Waals surface area contributed by atoms with Crippen LogP contribution < -0.4 is 5.43 Å². The molecule has 0 aliphatic rings. The van der Waals surface area contributed by atoms with Crippen molar-refractivity contribution in [1.82, 2.24) is 0 Å². The van der Waals surface area contributed by atoms with Gasteiger partial charge in [0, 0.05) is 4.47 Å². The first-order valence-electron chi connectivity index (χ1n) is 5.38. The summed E-state index contributed by atoms with van der Waals surface area (Å²) in [6.45, 7) is 7.45. The average molecular weight is 316 g/mol. The number of oxime groups is 1. The molecule has 0 spiro atoms. The van der Waals surface area contributed by atoms with E-state index < -0.39 is 0 Å². The highest BCUT2D eigenvalue weighted by Gasteiger charge is 1.96. The van der Waals surface area contributed by atoms with Crippen LogP contribution in [-0.4, -0.2) is 16.6 Å². The molecule has 1 rings (SSSR count). The summed E-state index contributed by atoms with van der Waals surface area (Å²) in [6.07, 6.45) is 0. The monoisotopic (exact) mass is 315 g/mol. The number of nitrogens with one attached hydrogen (secondary N) is 1. The molecule has 0 aromatic heterocycles. The summed E-state index contributed by atoms with van der Waals surface area (Å²) in [5.41, 5.74) is 4.87. The quantitative estimate of drug-likeness (QED) is 0.480. The Balaban J connectivity index is 0. The van der Waals surface area contributed by atoms with Crippen LogP contribution >= 0.6 is 15.9 Å².